The van der Waals surface area contributed by atoms with E-state index in [-0.39, 0.29) is 23.6 Å². The van der Waals surface area contributed by atoms with Crippen molar-refractivity contribution in [1.82, 2.24) is 4.90 Å². The van der Waals surface area contributed by atoms with Crippen LogP contribution in [0.3, 0.4) is 0 Å². The minimum Gasteiger partial charge on any atom is -0.479 e. The van der Waals surface area contributed by atoms with Crippen molar-refractivity contribution >= 4 is 35.3 Å². The second kappa shape index (κ2) is 8.73. The molecule has 0 spiro atoms. The molecule has 3 aromatic rings. The first-order valence-electron chi connectivity index (χ1n) is 10.8. The van der Waals surface area contributed by atoms with Crippen molar-refractivity contribution in [2.75, 3.05) is 6.61 Å². The molecule has 1 amide bonds. The molecule has 0 aliphatic heterocycles. The Morgan fingerprint density at radius 3 is 2.12 bits per heavy atom. The van der Waals surface area contributed by atoms with Gasteiger partial charge in [-0.05, 0) is 47.2 Å². The van der Waals surface area contributed by atoms with E-state index in [2.05, 4.69) is 12.1 Å². The molecule has 33 heavy (non-hydrogen) atoms. The fourth-order valence-corrected chi connectivity index (χ4v) is 5.12. The van der Waals surface area contributed by atoms with E-state index in [4.69, 9.17) is 27.9 Å². The summed E-state index contributed by atoms with van der Waals surface area (Å²) < 4.78 is 5.77. The molecule has 168 valence electrons. The molecular formula is C26H21Cl2NO4. The third kappa shape index (κ3) is 4.07. The molecule has 7 heteroatoms. The van der Waals surface area contributed by atoms with Crippen molar-refractivity contribution in [3.8, 4) is 11.1 Å². The minimum absolute atomic E-state index is 0.107. The van der Waals surface area contributed by atoms with E-state index in [0.717, 1.165) is 35.1 Å². The summed E-state index contributed by atoms with van der Waals surface area (Å²) in [6, 6.07) is 19.3. The Hall–Kier alpha value is -3.02. The summed E-state index contributed by atoms with van der Waals surface area (Å²) in [5.74, 6) is -1.27. The second-order valence-corrected chi connectivity index (χ2v) is 9.19. The number of carboxylic acids is 1. The summed E-state index contributed by atoms with van der Waals surface area (Å²) in [5, 5.41) is 10.6. The van der Waals surface area contributed by atoms with Crippen LogP contribution in [0, 0.1) is 0 Å². The van der Waals surface area contributed by atoms with Crippen molar-refractivity contribution in [2.24, 2.45) is 0 Å². The van der Waals surface area contributed by atoms with Gasteiger partial charge < -0.3 is 9.84 Å². The maximum absolute atomic E-state index is 13.3. The highest BCUT2D eigenvalue weighted by molar-refractivity contribution is 6.35. The molecule has 1 N–H and O–H groups in total. The van der Waals surface area contributed by atoms with E-state index in [1.54, 1.807) is 12.1 Å². The number of benzene rings is 3. The number of halogens is 2. The van der Waals surface area contributed by atoms with E-state index in [1.807, 2.05) is 36.4 Å². The normalized spacial score (nSPS) is 15.5. The van der Waals surface area contributed by atoms with Gasteiger partial charge in [0.1, 0.15) is 6.61 Å². The zero-order valence-electron chi connectivity index (χ0n) is 17.6. The predicted molar refractivity (Wildman–Crippen MR) is 127 cm³/mol. The highest BCUT2D eigenvalue weighted by Gasteiger charge is 2.43. The number of carbonyl (C=O) groups excluding carboxylic acids is 1. The highest BCUT2D eigenvalue weighted by atomic mass is 35.5. The van der Waals surface area contributed by atoms with E-state index < -0.39 is 18.1 Å². The first-order chi connectivity index (χ1) is 16.0. The minimum atomic E-state index is -1.25. The number of ether oxygens (including phenoxy) is 1. The molecule has 0 bridgehead atoms. The van der Waals surface area contributed by atoms with Crippen molar-refractivity contribution in [1.29, 1.82) is 0 Å². The van der Waals surface area contributed by atoms with Crippen LogP contribution in [0.4, 0.5) is 4.79 Å². The first kappa shape index (κ1) is 21.8. The number of nitrogens with zero attached hydrogens (tertiary/aromatic N) is 1. The van der Waals surface area contributed by atoms with Gasteiger partial charge in [0, 0.05) is 27.6 Å². The topological polar surface area (TPSA) is 66.8 Å². The molecule has 5 rings (SSSR count). The van der Waals surface area contributed by atoms with Gasteiger partial charge in [-0.3, -0.25) is 4.90 Å². The molecule has 2 aliphatic carbocycles. The summed E-state index contributed by atoms with van der Waals surface area (Å²) in [7, 11) is 0. The molecule has 1 unspecified atom stereocenters. The average Bonchev–Trinajstić information content (AvgIpc) is 3.58. The van der Waals surface area contributed by atoms with Crippen LogP contribution in [0.5, 0.6) is 0 Å². The Balaban J connectivity index is 1.42. The molecule has 2 aliphatic rings. The van der Waals surface area contributed by atoms with E-state index in [0.29, 0.717) is 10.6 Å². The summed E-state index contributed by atoms with van der Waals surface area (Å²) in [6.07, 6.45) is 0.788. The molecule has 0 heterocycles. The third-order valence-corrected chi connectivity index (χ3v) is 6.82. The lowest BCUT2D eigenvalue weighted by Gasteiger charge is -2.29. The predicted octanol–water partition coefficient (Wildman–Crippen LogP) is 6.53. The average molecular weight is 482 g/mol. The van der Waals surface area contributed by atoms with E-state index in [1.165, 1.54) is 11.0 Å². The summed E-state index contributed by atoms with van der Waals surface area (Å²) in [5.41, 5.74) is 4.77. The number of amides is 1. The smallest absolute Gasteiger partial charge is 0.411 e. The number of hydrogen-bond donors (Lipinski definition) is 1. The number of aliphatic carboxylic acids is 1. The van der Waals surface area contributed by atoms with Crippen LogP contribution < -0.4 is 0 Å². The van der Waals surface area contributed by atoms with Crippen molar-refractivity contribution < 1.29 is 19.4 Å². The summed E-state index contributed by atoms with van der Waals surface area (Å²) in [4.78, 5) is 26.8. The lowest BCUT2D eigenvalue weighted by atomic mass is 9.98. The van der Waals surface area contributed by atoms with Crippen LogP contribution in [0.25, 0.3) is 11.1 Å². The highest BCUT2D eigenvalue weighted by Crippen LogP contribution is 2.45. The second-order valence-electron chi connectivity index (χ2n) is 8.35. The van der Waals surface area contributed by atoms with E-state index >= 15 is 0 Å². The third-order valence-electron chi connectivity index (χ3n) is 6.26. The van der Waals surface area contributed by atoms with Crippen LogP contribution in [0.2, 0.25) is 10.0 Å². The van der Waals surface area contributed by atoms with Gasteiger partial charge in [0.05, 0.1) is 0 Å². The number of carboxylic acid groups (broad SMARTS) is 1. The zero-order valence-corrected chi connectivity index (χ0v) is 19.1. The summed E-state index contributed by atoms with van der Waals surface area (Å²) in [6.45, 7) is 0.122. The van der Waals surface area contributed by atoms with Gasteiger partial charge in [0.2, 0.25) is 0 Å². The number of rotatable bonds is 6. The standard InChI is InChI=1S/C26H21Cl2NO4/c27-15-9-12-21(23(28)13-15)24(25(30)31)29(16-10-11-16)26(32)33-14-22-19-7-3-1-5-17(19)18-6-2-4-8-20(18)22/h1-9,12-13,16,22,24H,10-11,14H2,(H,30,31). The monoisotopic (exact) mass is 481 g/mol. The largest absolute Gasteiger partial charge is 0.479 e. The van der Waals surface area contributed by atoms with Gasteiger partial charge in [0.25, 0.3) is 0 Å². The van der Waals surface area contributed by atoms with Crippen LogP contribution in [0.1, 0.15) is 41.5 Å². The fourth-order valence-electron chi connectivity index (χ4n) is 4.61. The van der Waals surface area contributed by atoms with Gasteiger partial charge in [-0.15, -0.1) is 0 Å². The van der Waals surface area contributed by atoms with Gasteiger partial charge in [0.15, 0.2) is 6.04 Å². The molecular weight excluding hydrogens is 461 g/mol. The van der Waals surface area contributed by atoms with Crippen LogP contribution in [0.15, 0.2) is 66.7 Å². The Kier molecular flexibility index (Phi) is 5.77. The molecule has 1 atom stereocenters. The molecule has 0 radical (unpaired) electrons. The number of fused-ring (bicyclic) bond motifs is 3. The number of hydrogen-bond acceptors (Lipinski definition) is 3. The molecule has 1 saturated carbocycles. The van der Waals surface area contributed by atoms with Gasteiger partial charge in [-0.25, -0.2) is 9.59 Å². The molecule has 3 aromatic carbocycles. The van der Waals surface area contributed by atoms with Crippen molar-refractivity contribution in [2.45, 2.75) is 30.8 Å². The SMILES string of the molecule is O=C(O)C(c1ccc(Cl)cc1Cl)N(C(=O)OCC1c2ccccc2-c2ccccc21)C1CC1. The first-order valence-corrected chi connectivity index (χ1v) is 11.5. The maximum atomic E-state index is 13.3. The quantitative estimate of drug-likeness (QED) is 0.434. The van der Waals surface area contributed by atoms with Crippen molar-refractivity contribution in [3.63, 3.8) is 0 Å². The van der Waals surface area contributed by atoms with Crippen LogP contribution in [-0.2, 0) is 9.53 Å². The molecule has 5 nitrogen and oxygen atoms in total. The summed E-state index contributed by atoms with van der Waals surface area (Å²) >= 11 is 12.3. The fraction of sp³-hybridized carbons (Fsp3) is 0.231. The van der Waals surface area contributed by atoms with Crippen LogP contribution in [-0.4, -0.2) is 34.7 Å². The van der Waals surface area contributed by atoms with Crippen molar-refractivity contribution in [3.05, 3.63) is 93.5 Å². The molecule has 1 fully saturated rings. The Labute approximate surface area is 201 Å². The zero-order chi connectivity index (χ0) is 23.1. The lowest BCUT2D eigenvalue weighted by molar-refractivity contribution is -0.143. The van der Waals surface area contributed by atoms with Gasteiger partial charge in [-0.1, -0.05) is 77.8 Å². The molecule has 0 aromatic heterocycles. The van der Waals surface area contributed by atoms with E-state index in [9.17, 15) is 14.7 Å². The van der Waals surface area contributed by atoms with Crippen LogP contribution >= 0.6 is 23.2 Å². The Bertz CT molecular complexity index is 1190. The maximum Gasteiger partial charge on any atom is 0.411 e. The lowest BCUT2D eigenvalue weighted by Crippen LogP contribution is -2.41. The molecule has 0 saturated heterocycles. The van der Waals surface area contributed by atoms with Gasteiger partial charge >= 0.3 is 12.1 Å². The Morgan fingerprint density at radius 1 is 0.970 bits per heavy atom. The van der Waals surface area contributed by atoms with Gasteiger partial charge in [-0.2, -0.15) is 0 Å². The Morgan fingerprint density at radius 2 is 1.58 bits per heavy atom. The number of carbonyl (C=O) groups is 2.